The van der Waals surface area contributed by atoms with Crippen LogP contribution in [0.25, 0.3) is 11.1 Å². The molecule has 2 bridgehead atoms. The van der Waals surface area contributed by atoms with Crippen molar-refractivity contribution in [3.8, 4) is 0 Å². The first-order valence-electron chi connectivity index (χ1n) is 12.9. The molecule has 6 rings (SSSR count). The molecule has 0 radical (unpaired) electrons. The molecular formula is C31H26N2O5. The molecule has 38 heavy (non-hydrogen) atoms. The summed E-state index contributed by atoms with van der Waals surface area (Å²) in [5.41, 5.74) is 1.28. The minimum Gasteiger partial charge on any atom is -0.298 e. The lowest BCUT2D eigenvalue weighted by molar-refractivity contribution is -0.384. The van der Waals surface area contributed by atoms with Gasteiger partial charge in [-0.2, -0.15) is 0 Å². The number of Topliss-reactive ketones (excluding diaryl/α,β-unsaturated/α-hetero) is 1. The van der Waals surface area contributed by atoms with Crippen molar-refractivity contribution in [3.05, 3.63) is 106 Å². The van der Waals surface area contributed by atoms with Gasteiger partial charge in [0.25, 0.3) is 5.69 Å². The highest BCUT2D eigenvalue weighted by molar-refractivity contribution is 6.34. The van der Waals surface area contributed by atoms with Crippen LogP contribution < -0.4 is 4.90 Å². The molecule has 1 saturated carbocycles. The van der Waals surface area contributed by atoms with E-state index in [4.69, 9.17) is 0 Å². The lowest BCUT2D eigenvalue weighted by Gasteiger charge is -2.38. The first-order chi connectivity index (χ1) is 18.3. The Kier molecular flexibility index (Phi) is 5.24. The molecular weight excluding hydrogens is 480 g/mol. The molecule has 0 unspecified atom stereocenters. The van der Waals surface area contributed by atoms with Gasteiger partial charge in [0.2, 0.25) is 11.8 Å². The largest absolute Gasteiger partial charge is 0.298 e. The number of carbonyl (C=O) groups excluding carboxylic acids is 3. The maximum absolute atomic E-state index is 14.7. The van der Waals surface area contributed by atoms with Gasteiger partial charge in [0.15, 0.2) is 5.78 Å². The number of carbonyl (C=O) groups is 3. The average Bonchev–Trinajstić information content (AvgIpc) is 3.45. The number of imide groups is 1. The van der Waals surface area contributed by atoms with Crippen LogP contribution in [0.5, 0.6) is 0 Å². The number of anilines is 1. The third-order valence-corrected chi connectivity index (χ3v) is 8.88. The fourth-order valence-electron chi connectivity index (χ4n) is 7.43. The van der Waals surface area contributed by atoms with Gasteiger partial charge in [-0.1, -0.05) is 74.5 Å². The van der Waals surface area contributed by atoms with Crippen LogP contribution in [0, 0.1) is 32.8 Å². The Balaban J connectivity index is 1.62. The number of ketones is 1. The van der Waals surface area contributed by atoms with E-state index in [1.54, 1.807) is 0 Å². The third kappa shape index (κ3) is 2.76. The molecule has 7 nitrogen and oxygen atoms in total. The number of fused-ring (bicyclic) bond motifs is 5. The minimum absolute atomic E-state index is 0.0484. The molecule has 3 aliphatic rings. The lowest BCUT2D eigenvalue weighted by atomic mass is 9.60. The van der Waals surface area contributed by atoms with Crippen molar-refractivity contribution >= 4 is 40.1 Å². The second-order valence-electron chi connectivity index (χ2n) is 10.2. The zero-order valence-electron chi connectivity index (χ0n) is 21.1. The van der Waals surface area contributed by atoms with Crippen LogP contribution in [0.2, 0.25) is 0 Å². The summed E-state index contributed by atoms with van der Waals surface area (Å²) in [5, 5.41) is 11.2. The lowest BCUT2D eigenvalue weighted by Crippen LogP contribution is -2.41. The van der Waals surface area contributed by atoms with Crippen molar-refractivity contribution in [2.75, 3.05) is 4.90 Å². The molecule has 0 N–H and O–H groups in total. The minimum atomic E-state index is -1.16. The molecule has 3 aromatic carbocycles. The number of nitrogens with zero attached hydrogens (tertiary/aromatic N) is 2. The van der Waals surface area contributed by atoms with E-state index in [1.165, 1.54) is 24.3 Å². The predicted octanol–water partition coefficient (Wildman–Crippen LogP) is 5.70. The van der Waals surface area contributed by atoms with Gasteiger partial charge in [0, 0.05) is 12.1 Å². The van der Waals surface area contributed by atoms with Gasteiger partial charge in [0.1, 0.15) is 0 Å². The van der Waals surface area contributed by atoms with Crippen LogP contribution in [0.3, 0.4) is 0 Å². The third-order valence-electron chi connectivity index (χ3n) is 8.88. The van der Waals surface area contributed by atoms with Crippen LogP contribution in [-0.4, -0.2) is 22.5 Å². The van der Waals surface area contributed by atoms with Gasteiger partial charge in [0.05, 0.1) is 33.3 Å². The fourth-order valence-corrected chi connectivity index (χ4v) is 7.43. The van der Waals surface area contributed by atoms with Gasteiger partial charge in [-0.3, -0.25) is 24.5 Å². The maximum atomic E-state index is 14.7. The van der Waals surface area contributed by atoms with Crippen LogP contribution >= 0.6 is 0 Å². The fraction of sp³-hybridized carbons (Fsp3) is 0.258. The van der Waals surface area contributed by atoms with Crippen molar-refractivity contribution < 1.29 is 19.3 Å². The molecule has 190 valence electrons. The number of nitro benzene ring substituents is 1. The number of non-ortho nitro benzene ring substituents is 1. The van der Waals surface area contributed by atoms with E-state index in [2.05, 4.69) is 0 Å². The highest BCUT2D eigenvalue weighted by Gasteiger charge is 2.80. The van der Waals surface area contributed by atoms with Gasteiger partial charge in [-0.25, -0.2) is 4.90 Å². The van der Waals surface area contributed by atoms with Crippen molar-refractivity contribution in [2.24, 2.45) is 22.7 Å². The zero-order valence-corrected chi connectivity index (χ0v) is 21.1. The van der Waals surface area contributed by atoms with Crippen molar-refractivity contribution in [3.63, 3.8) is 0 Å². The highest BCUT2D eigenvalue weighted by Crippen LogP contribution is 2.75. The summed E-state index contributed by atoms with van der Waals surface area (Å²) in [6.07, 6.45) is 0.755. The summed E-state index contributed by atoms with van der Waals surface area (Å²) in [7, 11) is 0. The van der Waals surface area contributed by atoms with E-state index >= 15 is 0 Å². The summed E-state index contributed by atoms with van der Waals surface area (Å²) in [4.78, 5) is 54.8. The van der Waals surface area contributed by atoms with Crippen LogP contribution in [0.15, 0.2) is 84.9 Å². The monoisotopic (exact) mass is 506 g/mol. The molecule has 1 heterocycles. The standard InChI is InChI=1S/C31H26N2O5/c1-3-30-23(19-11-7-5-8-12-19)24(20-13-9-6-10-14-20)31(4-2,29(30)36)26-25(30)27(34)32(28(26)35)21-15-17-22(18-16-21)33(37)38/h5-18,25-26H,3-4H2,1-2H3/t25-,26+,30-,31+. The van der Waals surface area contributed by atoms with E-state index < -0.39 is 39.4 Å². The quantitative estimate of drug-likeness (QED) is 0.243. The molecule has 2 aliphatic carbocycles. The second-order valence-corrected chi connectivity index (χ2v) is 10.2. The number of amides is 2. The smallest absolute Gasteiger partial charge is 0.269 e. The van der Waals surface area contributed by atoms with Gasteiger partial charge >= 0.3 is 0 Å². The highest BCUT2D eigenvalue weighted by atomic mass is 16.6. The molecule has 7 heteroatoms. The van der Waals surface area contributed by atoms with Crippen molar-refractivity contribution in [2.45, 2.75) is 26.7 Å². The summed E-state index contributed by atoms with van der Waals surface area (Å²) >= 11 is 0. The van der Waals surface area contributed by atoms with E-state index in [9.17, 15) is 24.5 Å². The van der Waals surface area contributed by atoms with Crippen molar-refractivity contribution in [1.82, 2.24) is 0 Å². The Hall–Kier alpha value is -4.39. The summed E-state index contributed by atoms with van der Waals surface area (Å²) < 4.78 is 0. The number of allylic oxidation sites excluding steroid dienone is 2. The van der Waals surface area contributed by atoms with E-state index in [-0.39, 0.29) is 17.2 Å². The topological polar surface area (TPSA) is 97.6 Å². The van der Waals surface area contributed by atoms with Crippen LogP contribution in [-0.2, 0) is 14.4 Å². The van der Waals surface area contributed by atoms with E-state index in [0.29, 0.717) is 12.8 Å². The first-order valence-corrected chi connectivity index (χ1v) is 12.9. The molecule has 2 amide bonds. The zero-order chi connectivity index (χ0) is 26.8. The average molecular weight is 507 g/mol. The Morgan fingerprint density at radius 2 is 1.13 bits per heavy atom. The van der Waals surface area contributed by atoms with Crippen LogP contribution in [0.4, 0.5) is 11.4 Å². The Morgan fingerprint density at radius 3 is 1.50 bits per heavy atom. The molecule has 1 aliphatic heterocycles. The molecule has 1 saturated heterocycles. The molecule has 0 spiro atoms. The summed E-state index contributed by atoms with van der Waals surface area (Å²) in [6.45, 7) is 3.84. The number of nitro groups is 1. The van der Waals surface area contributed by atoms with Crippen LogP contribution in [0.1, 0.15) is 37.8 Å². The second kappa shape index (κ2) is 8.31. The molecule has 0 aromatic heterocycles. The molecule has 2 fully saturated rings. The summed E-state index contributed by atoms with van der Waals surface area (Å²) in [5.74, 6) is -2.57. The summed E-state index contributed by atoms with van der Waals surface area (Å²) in [6, 6.07) is 24.8. The predicted molar refractivity (Wildman–Crippen MR) is 143 cm³/mol. The molecule has 4 atom stereocenters. The number of hydrogen-bond donors (Lipinski definition) is 0. The number of rotatable bonds is 6. The van der Waals surface area contributed by atoms with Gasteiger partial charge < -0.3 is 0 Å². The maximum Gasteiger partial charge on any atom is 0.269 e. The SMILES string of the molecule is CC[C@]12C(=O)[C@](CC)(C(c3ccccc3)=C1c1ccccc1)[C@H]1C(=O)N(c3ccc([N+](=O)[O-])cc3)C(=O)[C@H]12. The Bertz CT molecular complexity index is 1440. The van der Waals surface area contributed by atoms with Crippen molar-refractivity contribution in [1.29, 1.82) is 0 Å². The molecule has 3 aromatic rings. The Morgan fingerprint density at radius 1 is 0.711 bits per heavy atom. The Labute approximate surface area is 219 Å². The van der Waals surface area contributed by atoms with Gasteiger partial charge in [-0.05, 0) is 47.2 Å². The first kappa shape index (κ1) is 24.0. The van der Waals surface area contributed by atoms with E-state index in [1.807, 2.05) is 74.5 Å². The normalized spacial score (nSPS) is 27.8. The number of benzene rings is 3. The van der Waals surface area contributed by atoms with Gasteiger partial charge in [-0.15, -0.1) is 0 Å². The number of hydrogen-bond acceptors (Lipinski definition) is 5. The van der Waals surface area contributed by atoms with E-state index in [0.717, 1.165) is 27.2 Å².